The van der Waals surface area contributed by atoms with Gasteiger partial charge in [0.05, 0.1) is 10.7 Å². The molecule has 0 N–H and O–H groups in total. The molecule has 0 radical (unpaired) electrons. The molecule has 0 bridgehead atoms. The van der Waals surface area contributed by atoms with Gasteiger partial charge in [0.15, 0.2) is 0 Å². The van der Waals surface area contributed by atoms with Crippen LogP contribution in [0.1, 0.15) is 6.92 Å². The van der Waals surface area contributed by atoms with E-state index in [1.165, 1.54) is 25.1 Å². The summed E-state index contributed by atoms with van der Waals surface area (Å²) >= 11 is 11.7. The summed E-state index contributed by atoms with van der Waals surface area (Å²) in [6.45, 7) is 1.48. The Kier molecular flexibility index (Phi) is 4.94. The molecule has 0 saturated heterocycles. The van der Waals surface area contributed by atoms with E-state index in [0.29, 0.717) is 6.07 Å². The van der Waals surface area contributed by atoms with Crippen molar-refractivity contribution in [2.45, 2.75) is 11.8 Å². The van der Waals surface area contributed by atoms with E-state index in [9.17, 15) is 17.2 Å². The minimum absolute atomic E-state index is 0.0517. The Hall–Kier alpha value is -1.37. The lowest BCUT2D eigenvalue weighted by Crippen LogP contribution is -2.31. The van der Waals surface area contributed by atoms with Gasteiger partial charge in [-0.15, -0.1) is 0 Å². The first-order chi connectivity index (χ1) is 10.3. The number of halogens is 4. The molecule has 0 unspecified atom stereocenters. The van der Waals surface area contributed by atoms with Crippen molar-refractivity contribution in [3.8, 4) is 0 Å². The molecular formula is C14H11Cl2F2NO2S. The van der Waals surface area contributed by atoms with Crippen LogP contribution in [-0.2, 0) is 10.0 Å². The minimum Gasteiger partial charge on any atom is -0.264 e. The zero-order valence-corrected chi connectivity index (χ0v) is 13.7. The van der Waals surface area contributed by atoms with Gasteiger partial charge in [-0.25, -0.2) is 17.2 Å². The molecule has 0 aliphatic rings. The molecule has 0 atom stereocenters. The van der Waals surface area contributed by atoms with E-state index in [-0.39, 0.29) is 27.2 Å². The third-order valence-electron chi connectivity index (χ3n) is 2.93. The van der Waals surface area contributed by atoms with Crippen molar-refractivity contribution in [2.75, 3.05) is 10.8 Å². The van der Waals surface area contributed by atoms with Crippen LogP contribution in [0, 0.1) is 11.6 Å². The molecule has 0 fully saturated rings. The van der Waals surface area contributed by atoms with Crippen molar-refractivity contribution in [3.05, 3.63) is 58.1 Å². The molecule has 8 heteroatoms. The second kappa shape index (κ2) is 6.40. The van der Waals surface area contributed by atoms with Crippen molar-refractivity contribution in [3.63, 3.8) is 0 Å². The van der Waals surface area contributed by atoms with Crippen molar-refractivity contribution in [1.29, 1.82) is 0 Å². The highest BCUT2D eigenvalue weighted by molar-refractivity contribution is 7.93. The molecule has 0 spiro atoms. The zero-order chi connectivity index (χ0) is 16.5. The van der Waals surface area contributed by atoms with Crippen molar-refractivity contribution in [2.24, 2.45) is 0 Å². The quantitative estimate of drug-likeness (QED) is 0.800. The Balaban J connectivity index is 2.58. The first kappa shape index (κ1) is 17.0. The second-order valence-corrected chi connectivity index (χ2v) is 7.01. The third kappa shape index (κ3) is 3.19. The molecule has 2 rings (SSSR count). The van der Waals surface area contributed by atoms with Crippen LogP contribution in [-0.4, -0.2) is 15.0 Å². The van der Waals surface area contributed by atoms with Gasteiger partial charge in [0, 0.05) is 17.6 Å². The Morgan fingerprint density at radius 2 is 1.77 bits per heavy atom. The number of hydrogen-bond donors (Lipinski definition) is 0. The summed E-state index contributed by atoms with van der Waals surface area (Å²) in [5, 5.41) is 0.202. The number of rotatable bonds is 4. The number of hydrogen-bond acceptors (Lipinski definition) is 2. The zero-order valence-electron chi connectivity index (χ0n) is 11.4. The van der Waals surface area contributed by atoms with Gasteiger partial charge in [0.25, 0.3) is 10.0 Å². The summed E-state index contributed by atoms with van der Waals surface area (Å²) in [7, 11) is -4.11. The van der Waals surface area contributed by atoms with Gasteiger partial charge in [-0.2, -0.15) is 0 Å². The SMILES string of the molecule is CCN(c1ccc(F)cc1F)S(=O)(=O)c1ccc(Cl)cc1Cl. The number of anilines is 1. The molecule has 0 saturated carbocycles. The molecule has 22 heavy (non-hydrogen) atoms. The topological polar surface area (TPSA) is 37.4 Å². The molecule has 118 valence electrons. The van der Waals surface area contributed by atoms with Crippen LogP contribution >= 0.6 is 23.2 Å². The highest BCUT2D eigenvalue weighted by atomic mass is 35.5. The van der Waals surface area contributed by atoms with Gasteiger partial charge in [-0.1, -0.05) is 23.2 Å². The Bertz CT molecular complexity index is 812. The van der Waals surface area contributed by atoms with E-state index >= 15 is 0 Å². The number of benzene rings is 2. The van der Waals surface area contributed by atoms with Crippen LogP contribution in [0.2, 0.25) is 10.0 Å². The Morgan fingerprint density at radius 1 is 1.09 bits per heavy atom. The van der Waals surface area contributed by atoms with Crippen LogP contribution in [0.25, 0.3) is 0 Å². The third-order valence-corrected chi connectivity index (χ3v) is 5.53. The van der Waals surface area contributed by atoms with Crippen molar-refractivity contribution >= 4 is 38.9 Å². The Morgan fingerprint density at radius 3 is 2.32 bits per heavy atom. The predicted octanol–water partition coefficient (Wildman–Crippen LogP) is 4.49. The van der Waals surface area contributed by atoms with E-state index in [4.69, 9.17) is 23.2 Å². The monoisotopic (exact) mass is 365 g/mol. The molecule has 0 aliphatic heterocycles. The van der Waals surface area contributed by atoms with Crippen molar-refractivity contribution in [1.82, 2.24) is 0 Å². The maximum absolute atomic E-state index is 13.9. The van der Waals surface area contributed by atoms with Gasteiger partial charge in [0.1, 0.15) is 16.5 Å². The lowest BCUT2D eigenvalue weighted by atomic mass is 10.3. The summed E-state index contributed by atoms with van der Waals surface area (Å²) in [4.78, 5) is -0.204. The fourth-order valence-corrected chi connectivity index (χ4v) is 4.19. The average molecular weight is 366 g/mol. The molecule has 3 nitrogen and oxygen atoms in total. The number of sulfonamides is 1. The van der Waals surface area contributed by atoms with Gasteiger partial charge in [-0.05, 0) is 37.3 Å². The first-order valence-electron chi connectivity index (χ1n) is 6.20. The normalized spacial score (nSPS) is 11.5. The second-order valence-electron chi connectivity index (χ2n) is 4.34. The summed E-state index contributed by atoms with van der Waals surface area (Å²) < 4.78 is 53.1. The van der Waals surface area contributed by atoms with E-state index in [0.717, 1.165) is 16.4 Å². The minimum atomic E-state index is -4.11. The van der Waals surface area contributed by atoms with Crippen molar-refractivity contribution < 1.29 is 17.2 Å². The van der Waals surface area contributed by atoms with Crippen LogP contribution in [0.3, 0.4) is 0 Å². The highest BCUT2D eigenvalue weighted by Gasteiger charge is 2.28. The van der Waals surface area contributed by atoms with Crippen LogP contribution in [0.4, 0.5) is 14.5 Å². The lowest BCUT2D eigenvalue weighted by molar-refractivity contribution is 0.574. The molecule has 0 aliphatic carbocycles. The fourth-order valence-electron chi connectivity index (χ4n) is 1.96. The van der Waals surface area contributed by atoms with Crippen LogP contribution < -0.4 is 4.31 Å². The summed E-state index contributed by atoms with van der Waals surface area (Å²) in [5.41, 5.74) is -0.255. The van der Waals surface area contributed by atoms with Gasteiger partial charge in [0.2, 0.25) is 0 Å². The summed E-state index contributed by atoms with van der Waals surface area (Å²) in [5.74, 6) is -1.77. The maximum atomic E-state index is 13.9. The van der Waals surface area contributed by atoms with Crippen LogP contribution in [0.5, 0.6) is 0 Å². The van der Waals surface area contributed by atoms with Gasteiger partial charge in [-0.3, -0.25) is 4.31 Å². The molecule has 0 heterocycles. The molecule has 0 aromatic heterocycles. The number of nitrogens with zero attached hydrogens (tertiary/aromatic N) is 1. The Labute approximate surface area is 137 Å². The summed E-state index contributed by atoms with van der Waals surface area (Å²) in [6.07, 6.45) is 0. The molecule has 2 aromatic carbocycles. The molecule has 0 amide bonds. The van der Waals surface area contributed by atoms with E-state index in [1.54, 1.807) is 0 Å². The van der Waals surface area contributed by atoms with Crippen LogP contribution in [0.15, 0.2) is 41.3 Å². The predicted molar refractivity (Wildman–Crippen MR) is 83.0 cm³/mol. The fraction of sp³-hybridized carbons (Fsp3) is 0.143. The molecular weight excluding hydrogens is 355 g/mol. The van der Waals surface area contributed by atoms with Gasteiger partial charge >= 0.3 is 0 Å². The lowest BCUT2D eigenvalue weighted by Gasteiger charge is -2.24. The van der Waals surface area contributed by atoms with Gasteiger partial charge < -0.3 is 0 Å². The highest BCUT2D eigenvalue weighted by Crippen LogP contribution is 2.31. The average Bonchev–Trinajstić information content (AvgIpc) is 2.41. The van der Waals surface area contributed by atoms with E-state index < -0.39 is 21.7 Å². The maximum Gasteiger partial charge on any atom is 0.265 e. The smallest absolute Gasteiger partial charge is 0.264 e. The summed E-state index contributed by atoms with van der Waals surface area (Å²) in [6, 6.07) is 6.57. The molecule has 2 aromatic rings. The largest absolute Gasteiger partial charge is 0.265 e. The standard InChI is InChI=1S/C14H11Cl2F2NO2S/c1-2-19(13-5-4-10(17)8-12(13)18)22(20,21)14-6-3-9(15)7-11(14)16/h3-8H,2H2,1H3. The van der Waals surface area contributed by atoms with E-state index in [2.05, 4.69) is 0 Å². The first-order valence-corrected chi connectivity index (χ1v) is 8.39. The van der Waals surface area contributed by atoms with E-state index in [1.807, 2.05) is 0 Å².